The number of carbonyl (C=O) groups excluding carboxylic acids is 2. The van der Waals surface area contributed by atoms with Gasteiger partial charge in [0.1, 0.15) is 18.1 Å². The lowest BCUT2D eigenvalue weighted by Gasteiger charge is -2.39. The van der Waals surface area contributed by atoms with Crippen molar-refractivity contribution in [2.45, 2.75) is 33.7 Å². The highest BCUT2D eigenvalue weighted by Gasteiger charge is 2.34. The van der Waals surface area contributed by atoms with Crippen LogP contribution in [0.4, 0.5) is 5.69 Å². The number of carbonyl (C=O) groups is 2. The van der Waals surface area contributed by atoms with Gasteiger partial charge in [-0.05, 0) is 45.9 Å². The summed E-state index contributed by atoms with van der Waals surface area (Å²) in [6.07, 6.45) is 0. The van der Waals surface area contributed by atoms with E-state index < -0.39 is 0 Å². The number of rotatable bonds is 2. The molecule has 126 valence electrons. The van der Waals surface area contributed by atoms with E-state index in [0.717, 1.165) is 11.3 Å². The summed E-state index contributed by atoms with van der Waals surface area (Å²) in [5.41, 5.74) is 2.56. The van der Waals surface area contributed by atoms with Crippen molar-refractivity contribution in [2.24, 2.45) is 0 Å². The van der Waals surface area contributed by atoms with Crippen LogP contribution in [0.2, 0.25) is 0 Å². The summed E-state index contributed by atoms with van der Waals surface area (Å²) < 4.78 is 5.45. The van der Waals surface area contributed by atoms with E-state index in [9.17, 15) is 9.59 Å². The molecule has 0 aliphatic carbocycles. The summed E-state index contributed by atoms with van der Waals surface area (Å²) >= 11 is 0. The van der Waals surface area contributed by atoms with Crippen LogP contribution in [0.5, 0.6) is 0 Å². The molecule has 1 aromatic carbocycles. The Balaban J connectivity index is 1.80. The van der Waals surface area contributed by atoms with E-state index in [1.807, 2.05) is 45.0 Å². The number of hydrogen-bond acceptors (Lipinski definition) is 3. The number of amides is 2. The van der Waals surface area contributed by atoms with Crippen molar-refractivity contribution < 1.29 is 14.0 Å². The molecule has 1 aliphatic heterocycles. The molecule has 1 fully saturated rings. The van der Waals surface area contributed by atoms with Gasteiger partial charge in [-0.15, -0.1) is 0 Å². The normalized spacial score (nSPS) is 18.2. The molecule has 0 radical (unpaired) electrons. The molecule has 1 aromatic heterocycles. The Morgan fingerprint density at radius 2 is 1.83 bits per heavy atom. The van der Waals surface area contributed by atoms with Crippen LogP contribution >= 0.6 is 0 Å². The zero-order chi connectivity index (χ0) is 17.4. The fourth-order valence-corrected chi connectivity index (χ4v) is 3.10. The van der Waals surface area contributed by atoms with Crippen LogP contribution < -0.4 is 4.90 Å². The molecule has 1 aliphatic rings. The molecule has 5 heteroatoms. The Morgan fingerprint density at radius 1 is 1.17 bits per heavy atom. The van der Waals surface area contributed by atoms with Gasteiger partial charge in [-0.3, -0.25) is 9.59 Å². The fraction of sp³-hybridized carbons (Fsp3) is 0.368. The number of anilines is 1. The molecule has 24 heavy (non-hydrogen) atoms. The molecular formula is C19H22N2O3. The number of benzene rings is 1. The predicted molar refractivity (Wildman–Crippen MR) is 92.2 cm³/mol. The first-order valence-corrected chi connectivity index (χ1v) is 8.12. The minimum Gasteiger partial charge on any atom is -0.466 e. The number of furan rings is 1. The zero-order valence-corrected chi connectivity index (χ0v) is 14.5. The first kappa shape index (κ1) is 16.3. The van der Waals surface area contributed by atoms with E-state index in [1.165, 1.54) is 0 Å². The summed E-state index contributed by atoms with van der Waals surface area (Å²) in [7, 11) is 0. The van der Waals surface area contributed by atoms with Crippen molar-refractivity contribution in [2.75, 3.05) is 18.0 Å². The summed E-state index contributed by atoms with van der Waals surface area (Å²) in [4.78, 5) is 28.7. The van der Waals surface area contributed by atoms with Crippen LogP contribution in [0.1, 0.15) is 34.4 Å². The highest BCUT2D eigenvalue weighted by atomic mass is 16.3. The van der Waals surface area contributed by atoms with Gasteiger partial charge in [0, 0.05) is 18.3 Å². The Morgan fingerprint density at radius 3 is 2.42 bits per heavy atom. The van der Waals surface area contributed by atoms with Crippen LogP contribution in [0.25, 0.3) is 0 Å². The first-order chi connectivity index (χ1) is 11.4. The van der Waals surface area contributed by atoms with E-state index in [-0.39, 0.29) is 24.4 Å². The van der Waals surface area contributed by atoms with Gasteiger partial charge >= 0.3 is 0 Å². The van der Waals surface area contributed by atoms with Gasteiger partial charge in [0.15, 0.2) is 0 Å². The molecule has 5 nitrogen and oxygen atoms in total. The van der Waals surface area contributed by atoms with E-state index >= 15 is 0 Å². The van der Waals surface area contributed by atoms with Crippen LogP contribution in [0.3, 0.4) is 0 Å². The fourth-order valence-electron chi connectivity index (χ4n) is 3.10. The van der Waals surface area contributed by atoms with E-state index in [0.29, 0.717) is 23.6 Å². The van der Waals surface area contributed by atoms with Crippen LogP contribution in [-0.2, 0) is 4.79 Å². The molecule has 2 heterocycles. The third-order valence-electron chi connectivity index (χ3n) is 4.46. The average molecular weight is 326 g/mol. The standard InChI is InChI=1S/C19H22N2O3/c1-12-5-7-16(8-6-12)21-10-13(2)20(11-18(21)22)19(23)17-9-14(3)24-15(17)4/h5-9,13H,10-11H2,1-4H3/t13-/m0/s1. The Labute approximate surface area is 141 Å². The molecule has 1 saturated heterocycles. The summed E-state index contributed by atoms with van der Waals surface area (Å²) in [5, 5.41) is 0. The maximum Gasteiger partial charge on any atom is 0.258 e. The number of hydrogen-bond donors (Lipinski definition) is 0. The highest BCUT2D eigenvalue weighted by Crippen LogP contribution is 2.23. The minimum atomic E-state index is -0.145. The third kappa shape index (κ3) is 2.94. The van der Waals surface area contributed by atoms with Gasteiger partial charge in [-0.1, -0.05) is 17.7 Å². The van der Waals surface area contributed by atoms with Crippen molar-refractivity contribution in [1.29, 1.82) is 0 Å². The highest BCUT2D eigenvalue weighted by molar-refractivity contribution is 6.02. The predicted octanol–water partition coefficient (Wildman–Crippen LogP) is 3.08. The second kappa shape index (κ2) is 6.15. The number of nitrogens with zero attached hydrogens (tertiary/aromatic N) is 2. The molecule has 3 rings (SSSR count). The smallest absolute Gasteiger partial charge is 0.258 e. The lowest BCUT2D eigenvalue weighted by atomic mass is 10.1. The molecular weight excluding hydrogens is 304 g/mol. The monoisotopic (exact) mass is 326 g/mol. The van der Waals surface area contributed by atoms with Crippen molar-refractivity contribution in [3.8, 4) is 0 Å². The quantitative estimate of drug-likeness (QED) is 0.852. The van der Waals surface area contributed by atoms with Gasteiger partial charge < -0.3 is 14.2 Å². The van der Waals surface area contributed by atoms with E-state index in [2.05, 4.69) is 0 Å². The third-order valence-corrected chi connectivity index (χ3v) is 4.46. The molecule has 0 bridgehead atoms. The van der Waals surface area contributed by atoms with Crippen LogP contribution in [0, 0.1) is 20.8 Å². The minimum absolute atomic E-state index is 0.0638. The molecule has 0 spiro atoms. The second-order valence-corrected chi connectivity index (χ2v) is 6.45. The SMILES string of the molecule is Cc1ccc(N2C[C@H](C)N(C(=O)c3cc(C)oc3C)CC2=O)cc1. The van der Waals surface area contributed by atoms with Crippen molar-refractivity contribution in [3.05, 3.63) is 53.0 Å². The maximum atomic E-state index is 12.8. The van der Waals surface area contributed by atoms with E-state index in [4.69, 9.17) is 4.42 Å². The second-order valence-electron chi connectivity index (χ2n) is 6.45. The van der Waals surface area contributed by atoms with Crippen molar-refractivity contribution in [1.82, 2.24) is 4.90 Å². The molecule has 1 atom stereocenters. The van der Waals surface area contributed by atoms with Gasteiger partial charge in [-0.2, -0.15) is 0 Å². The summed E-state index contributed by atoms with van der Waals surface area (Å²) in [6, 6.07) is 9.54. The Kier molecular flexibility index (Phi) is 4.18. The van der Waals surface area contributed by atoms with Crippen molar-refractivity contribution in [3.63, 3.8) is 0 Å². The maximum absolute atomic E-state index is 12.8. The lowest BCUT2D eigenvalue weighted by Crippen LogP contribution is -2.57. The molecule has 0 N–H and O–H groups in total. The van der Waals surface area contributed by atoms with Crippen LogP contribution in [-0.4, -0.2) is 35.8 Å². The molecule has 0 saturated carbocycles. The summed E-state index contributed by atoms with van der Waals surface area (Å²) in [6.45, 7) is 8.14. The first-order valence-electron chi connectivity index (χ1n) is 8.12. The van der Waals surface area contributed by atoms with Gasteiger partial charge in [0.25, 0.3) is 5.91 Å². The van der Waals surface area contributed by atoms with Gasteiger partial charge in [0.05, 0.1) is 5.56 Å². The van der Waals surface area contributed by atoms with Crippen LogP contribution in [0.15, 0.2) is 34.7 Å². The lowest BCUT2D eigenvalue weighted by molar-refractivity contribution is -0.121. The molecule has 0 unspecified atom stereocenters. The van der Waals surface area contributed by atoms with Gasteiger partial charge in [0.2, 0.25) is 5.91 Å². The molecule has 2 amide bonds. The number of aryl methyl sites for hydroxylation is 3. The number of piperazine rings is 1. The average Bonchev–Trinajstić information content (AvgIpc) is 2.88. The molecule has 2 aromatic rings. The van der Waals surface area contributed by atoms with Gasteiger partial charge in [-0.25, -0.2) is 0 Å². The largest absolute Gasteiger partial charge is 0.466 e. The Hall–Kier alpha value is -2.56. The zero-order valence-electron chi connectivity index (χ0n) is 14.5. The van der Waals surface area contributed by atoms with E-state index in [1.54, 1.807) is 22.8 Å². The Bertz CT molecular complexity index is 776. The summed E-state index contributed by atoms with van der Waals surface area (Å²) in [5.74, 6) is 1.09. The topological polar surface area (TPSA) is 53.8 Å². The van der Waals surface area contributed by atoms with Crippen molar-refractivity contribution >= 4 is 17.5 Å².